The van der Waals surface area contributed by atoms with Gasteiger partial charge in [-0.25, -0.2) is 4.98 Å². The van der Waals surface area contributed by atoms with E-state index in [1.54, 1.807) is 12.1 Å². The van der Waals surface area contributed by atoms with E-state index >= 15 is 0 Å². The van der Waals surface area contributed by atoms with Crippen LogP contribution in [0.2, 0.25) is 0 Å². The largest absolute Gasteiger partial charge is 0.338 e. The van der Waals surface area contributed by atoms with Crippen LogP contribution < -0.4 is 10.2 Å². The zero-order chi connectivity index (χ0) is 11.5. The molecule has 1 aromatic heterocycles. The Labute approximate surface area is 91.5 Å². The number of rotatable bonds is 1. The van der Waals surface area contributed by atoms with Crippen LogP contribution in [0.3, 0.4) is 0 Å². The van der Waals surface area contributed by atoms with E-state index in [0.29, 0.717) is 11.4 Å². The Balaban J connectivity index is 2.26. The average molecular weight is 216 g/mol. The molecule has 80 valence electrons. The maximum absolute atomic E-state index is 11.1. The summed E-state index contributed by atoms with van der Waals surface area (Å²) in [6, 6.07) is 5.09. The molecule has 6 heteroatoms. The van der Waals surface area contributed by atoms with Crippen LogP contribution >= 0.6 is 0 Å². The fourth-order valence-corrected chi connectivity index (χ4v) is 1.46. The molecule has 6 nitrogen and oxygen atoms in total. The number of carbonyl (C=O) groups is 2. The summed E-state index contributed by atoms with van der Waals surface area (Å²) < 4.78 is 0. The molecule has 16 heavy (non-hydrogen) atoms. The van der Waals surface area contributed by atoms with Gasteiger partial charge >= 0.3 is 0 Å². The smallest absolute Gasteiger partial charge is 0.246 e. The lowest BCUT2D eigenvalue weighted by molar-refractivity contribution is -0.130. The van der Waals surface area contributed by atoms with Crippen molar-refractivity contribution < 1.29 is 9.59 Å². The lowest BCUT2D eigenvalue weighted by atomic mass is 10.2. The fourth-order valence-electron chi connectivity index (χ4n) is 1.46. The zero-order valence-electron chi connectivity index (χ0n) is 8.30. The molecule has 0 unspecified atom stereocenters. The van der Waals surface area contributed by atoms with Gasteiger partial charge in [-0.2, -0.15) is 5.26 Å². The first-order chi connectivity index (χ1) is 7.69. The molecule has 1 saturated heterocycles. The minimum Gasteiger partial charge on any atom is -0.338 e. The minimum atomic E-state index is -0.361. The van der Waals surface area contributed by atoms with Crippen LogP contribution in [0.25, 0.3) is 0 Å². The van der Waals surface area contributed by atoms with Gasteiger partial charge in [0.25, 0.3) is 0 Å². The first kappa shape index (κ1) is 10.1. The van der Waals surface area contributed by atoms with E-state index in [-0.39, 0.29) is 24.9 Å². The van der Waals surface area contributed by atoms with Crippen LogP contribution in [0.1, 0.15) is 5.56 Å². The molecule has 0 spiro atoms. The first-order valence-electron chi connectivity index (χ1n) is 4.63. The zero-order valence-corrected chi connectivity index (χ0v) is 8.30. The van der Waals surface area contributed by atoms with Crippen LogP contribution in [-0.2, 0) is 9.59 Å². The van der Waals surface area contributed by atoms with Crippen molar-refractivity contribution in [2.24, 2.45) is 0 Å². The highest BCUT2D eigenvalue weighted by Gasteiger charge is 2.23. The van der Waals surface area contributed by atoms with E-state index < -0.39 is 0 Å². The van der Waals surface area contributed by atoms with Gasteiger partial charge < -0.3 is 4.90 Å². The number of piperazine rings is 1. The third-order valence-corrected chi connectivity index (χ3v) is 2.15. The SMILES string of the molecule is N#Cc1ccnc(N2CC(=O)NC(=O)C2)c1. The molecule has 0 radical (unpaired) electrons. The molecular weight excluding hydrogens is 208 g/mol. The number of anilines is 1. The molecular formula is C10H8N4O2. The van der Waals surface area contributed by atoms with Gasteiger partial charge in [0.05, 0.1) is 24.7 Å². The second kappa shape index (κ2) is 3.98. The molecule has 1 N–H and O–H groups in total. The van der Waals surface area contributed by atoms with Gasteiger partial charge in [0.2, 0.25) is 11.8 Å². The third-order valence-electron chi connectivity index (χ3n) is 2.15. The topological polar surface area (TPSA) is 86.1 Å². The van der Waals surface area contributed by atoms with E-state index in [1.165, 1.54) is 11.1 Å². The molecule has 2 amide bonds. The number of imide groups is 1. The van der Waals surface area contributed by atoms with Crippen molar-refractivity contribution in [2.45, 2.75) is 0 Å². The molecule has 1 aromatic rings. The van der Waals surface area contributed by atoms with Crippen molar-refractivity contribution in [3.05, 3.63) is 23.9 Å². The molecule has 1 fully saturated rings. The van der Waals surface area contributed by atoms with Crippen LogP contribution in [0.15, 0.2) is 18.3 Å². The van der Waals surface area contributed by atoms with Gasteiger partial charge in [0.15, 0.2) is 0 Å². The summed E-state index contributed by atoms with van der Waals surface area (Å²) in [5, 5.41) is 10.9. The van der Waals surface area contributed by atoms with Gasteiger partial charge in [-0.05, 0) is 12.1 Å². The molecule has 0 aliphatic carbocycles. The summed E-state index contributed by atoms with van der Waals surface area (Å²) in [7, 11) is 0. The van der Waals surface area contributed by atoms with Crippen molar-refractivity contribution in [1.29, 1.82) is 5.26 Å². The highest BCUT2D eigenvalue weighted by molar-refractivity contribution is 6.02. The van der Waals surface area contributed by atoms with Crippen LogP contribution in [0, 0.1) is 11.3 Å². The van der Waals surface area contributed by atoms with Gasteiger partial charge in [0.1, 0.15) is 5.82 Å². The van der Waals surface area contributed by atoms with E-state index in [9.17, 15) is 9.59 Å². The van der Waals surface area contributed by atoms with Crippen molar-refractivity contribution in [1.82, 2.24) is 10.3 Å². The molecule has 2 heterocycles. The maximum Gasteiger partial charge on any atom is 0.246 e. The summed E-state index contributed by atoms with van der Waals surface area (Å²) in [5.74, 6) is -0.261. The maximum atomic E-state index is 11.1. The normalized spacial score (nSPS) is 15.6. The highest BCUT2D eigenvalue weighted by atomic mass is 16.2. The molecule has 2 rings (SSSR count). The summed E-state index contributed by atoms with van der Waals surface area (Å²) >= 11 is 0. The molecule has 0 aromatic carbocycles. The number of nitriles is 1. The Hall–Kier alpha value is -2.42. The van der Waals surface area contributed by atoms with E-state index in [4.69, 9.17) is 5.26 Å². The lowest BCUT2D eigenvalue weighted by Crippen LogP contribution is -2.51. The molecule has 0 saturated carbocycles. The third kappa shape index (κ3) is 1.98. The number of hydrogen-bond acceptors (Lipinski definition) is 5. The van der Waals surface area contributed by atoms with Gasteiger partial charge in [0, 0.05) is 6.20 Å². The number of amides is 2. The van der Waals surface area contributed by atoms with Crippen molar-refractivity contribution in [3.8, 4) is 6.07 Å². The Kier molecular flexibility index (Phi) is 2.52. The Morgan fingerprint density at radius 3 is 2.69 bits per heavy atom. The number of carbonyl (C=O) groups excluding carboxylic acids is 2. The van der Waals surface area contributed by atoms with Crippen LogP contribution in [0.5, 0.6) is 0 Å². The Morgan fingerprint density at radius 2 is 2.06 bits per heavy atom. The standard InChI is InChI=1S/C10H8N4O2/c11-4-7-1-2-12-8(3-7)14-5-9(15)13-10(16)6-14/h1-3H,5-6H2,(H,13,15,16). The molecule has 0 atom stereocenters. The number of nitrogens with zero attached hydrogens (tertiary/aromatic N) is 3. The van der Waals surface area contributed by atoms with Gasteiger partial charge in [-0.3, -0.25) is 14.9 Å². The summed E-state index contributed by atoms with van der Waals surface area (Å²) in [6.45, 7) is 0.154. The second-order valence-corrected chi connectivity index (χ2v) is 3.34. The van der Waals surface area contributed by atoms with Crippen LogP contribution in [-0.4, -0.2) is 29.9 Å². The average Bonchev–Trinajstić information content (AvgIpc) is 2.28. The summed E-state index contributed by atoms with van der Waals surface area (Å²) in [6.07, 6.45) is 1.48. The summed E-state index contributed by atoms with van der Waals surface area (Å²) in [5.41, 5.74) is 0.448. The van der Waals surface area contributed by atoms with Crippen LogP contribution in [0.4, 0.5) is 5.82 Å². The van der Waals surface area contributed by atoms with Gasteiger partial charge in [-0.15, -0.1) is 0 Å². The monoisotopic (exact) mass is 216 g/mol. The number of hydrogen-bond donors (Lipinski definition) is 1. The molecule has 1 aliphatic heterocycles. The van der Waals surface area contributed by atoms with Crippen molar-refractivity contribution in [2.75, 3.05) is 18.0 Å². The van der Waals surface area contributed by atoms with E-state index in [1.807, 2.05) is 6.07 Å². The number of aromatic nitrogens is 1. The number of pyridine rings is 1. The predicted molar refractivity (Wildman–Crippen MR) is 54.3 cm³/mol. The highest BCUT2D eigenvalue weighted by Crippen LogP contribution is 2.12. The van der Waals surface area contributed by atoms with E-state index in [2.05, 4.69) is 10.3 Å². The van der Waals surface area contributed by atoms with Crippen molar-refractivity contribution in [3.63, 3.8) is 0 Å². The van der Waals surface area contributed by atoms with Gasteiger partial charge in [-0.1, -0.05) is 0 Å². The molecule has 0 bridgehead atoms. The second-order valence-electron chi connectivity index (χ2n) is 3.34. The Bertz CT molecular complexity index is 476. The minimum absolute atomic E-state index is 0.0770. The lowest BCUT2D eigenvalue weighted by Gasteiger charge is -2.26. The van der Waals surface area contributed by atoms with Crippen molar-refractivity contribution >= 4 is 17.6 Å². The summed E-state index contributed by atoms with van der Waals surface area (Å²) in [4.78, 5) is 27.8. The fraction of sp³-hybridized carbons (Fsp3) is 0.200. The first-order valence-corrected chi connectivity index (χ1v) is 4.63. The predicted octanol–water partition coefficient (Wildman–Crippen LogP) is -0.584. The number of nitrogens with one attached hydrogen (secondary N) is 1. The molecule has 1 aliphatic rings. The quantitative estimate of drug-likeness (QED) is 0.634. The Morgan fingerprint density at radius 1 is 1.38 bits per heavy atom. The van der Waals surface area contributed by atoms with E-state index in [0.717, 1.165) is 0 Å².